The van der Waals surface area contributed by atoms with Crippen LogP contribution >= 0.6 is 0 Å². The Morgan fingerprint density at radius 3 is 2.94 bits per heavy atom. The van der Waals surface area contributed by atoms with E-state index in [0.29, 0.717) is 12.1 Å². The van der Waals surface area contributed by atoms with Gasteiger partial charge in [-0.05, 0) is 33.2 Å². The van der Waals surface area contributed by atoms with Crippen LogP contribution in [0.1, 0.15) is 43.1 Å². The molecular weight excluding hydrogens is 218 g/mol. The molecule has 17 heavy (non-hydrogen) atoms. The molecule has 94 valence electrons. The molecule has 0 aromatic carbocycles. The topological polar surface area (TPSA) is 58.4 Å². The number of carboxylic acids is 1. The smallest absolute Gasteiger partial charge is 0.338 e. The fourth-order valence-corrected chi connectivity index (χ4v) is 2.32. The van der Waals surface area contributed by atoms with E-state index in [9.17, 15) is 4.79 Å². The van der Waals surface area contributed by atoms with Crippen molar-refractivity contribution in [2.24, 2.45) is 0 Å². The van der Waals surface area contributed by atoms with Gasteiger partial charge in [-0.15, -0.1) is 0 Å². The van der Waals surface area contributed by atoms with Crippen LogP contribution in [0.5, 0.6) is 0 Å². The summed E-state index contributed by atoms with van der Waals surface area (Å²) in [6.45, 7) is 6.46. The fourth-order valence-electron chi connectivity index (χ4n) is 2.32. The van der Waals surface area contributed by atoms with Crippen LogP contribution in [0.3, 0.4) is 0 Å². The summed E-state index contributed by atoms with van der Waals surface area (Å²) in [5, 5.41) is 13.0. The van der Waals surface area contributed by atoms with E-state index in [1.54, 1.807) is 10.9 Å². The first-order valence-electron chi connectivity index (χ1n) is 6.09. The summed E-state index contributed by atoms with van der Waals surface area (Å²) in [5.41, 5.74) is 0.270. The molecule has 2 rings (SSSR count). The highest BCUT2D eigenvalue weighted by molar-refractivity contribution is 5.86. The number of carbonyl (C=O) groups is 1. The molecule has 1 N–H and O–H groups in total. The maximum absolute atomic E-state index is 10.8. The molecule has 1 aromatic rings. The standard InChI is InChI=1S/C12H19N3O2/c1-9(2)14-5-3-4-11(8-14)15-7-10(6-13-15)12(16)17/h6-7,9,11H,3-5,8H2,1-2H3,(H,16,17). The SMILES string of the molecule is CC(C)N1CCCC(n2cc(C(=O)O)cn2)C1. The third-order valence-corrected chi connectivity index (χ3v) is 3.38. The first kappa shape index (κ1) is 12.1. The molecule has 0 amide bonds. The number of aromatic carboxylic acids is 1. The molecule has 2 heterocycles. The highest BCUT2D eigenvalue weighted by Crippen LogP contribution is 2.22. The fraction of sp³-hybridized carbons (Fsp3) is 0.667. The highest BCUT2D eigenvalue weighted by atomic mass is 16.4. The van der Waals surface area contributed by atoms with E-state index < -0.39 is 5.97 Å². The highest BCUT2D eigenvalue weighted by Gasteiger charge is 2.23. The number of hydrogen-bond donors (Lipinski definition) is 1. The molecular formula is C12H19N3O2. The Hall–Kier alpha value is -1.36. The molecule has 5 nitrogen and oxygen atoms in total. The maximum Gasteiger partial charge on any atom is 0.338 e. The zero-order valence-corrected chi connectivity index (χ0v) is 10.3. The van der Waals surface area contributed by atoms with Crippen LogP contribution in [-0.4, -0.2) is 44.9 Å². The Morgan fingerprint density at radius 1 is 1.59 bits per heavy atom. The Morgan fingerprint density at radius 2 is 2.35 bits per heavy atom. The summed E-state index contributed by atoms with van der Waals surface area (Å²) >= 11 is 0. The van der Waals surface area contributed by atoms with Gasteiger partial charge in [-0.2, -0.15) is 5.10 Å². The molecule has 1 aliphatic rings. The van der Waals surface area contributed by atoms with Gasteiger partial charge in [-0.3, -0.25) is 9.58 Å². The van der Waals surface area contributed by atoms with Crippen molar-refractivity contribution >= 4 is 5.97 Å². The molecule has 0 spiro atoms. The van der Waals surface area contributed by atoms with Gasteiger partial charge in [0, 0.05) is 18.8 Å². The lowest BCUT2D eigenvalue weighted by Crippen LogP contribution is -2.40. The van der Waals surface area contributed by atoms with Crippen molar-refractivity contribution in [1.29, 1.82) is 0 Å². The van der Waals surface area contributed by atoms with Gasteiger partial charge in [0.15, 0.2) is 0 Å². The van der Waals surface area contributed by atoms with Gasteiger partial charge in [0.2, 0.25) is 0 Å². The van der Waals surface area contributed by atoms with Crippen LogP contribution in [-0.2, 0) is 0 Å². The van der Waals surface area contributed by atoms with Crippen LogP contribution < -0.4 is 0 Å². The van der Waals surface area contributed by atoms with Crippen molar-refractivity contribution < 1.29 is 9.90 Å². The van der Waals surface area contributed by atoms with Crippen molar-refractivity contribution in [3.05, 3.63) is 18.0 Å². The number of nitrogens with zero attached hydrogens (tertiary/aromatic N) is 3. The third-order valence-electron chi connectivity index (χ3n) is 3.38. The van der Waals surface area contributed by atoms with E-state index in [0.717, 1.165) is 25.9 Å². The summed E-state index contributed by atoms with van der Waals surface area (Å²) in [6.07, 6.45) is 5.28. The number of rotatable bonds is 3. The molecule has 1 aromatic heterocycles. The normalized spacial score (nSPS) is 21.9. The van der Waals surface area contributed by atoms with Crippen LogP contribution in [0.25, 0.3) is 0 Å². The molecule has 0 aliphatic carbocycles. The van der Waals surface area contributed by atoms with E-state index in [2.05, 4.69) is 23.8 Å². The Kier molecular flexibility index (Phi) is 3.47. The zero-order valence-electron chi connectivity index (χ0n) is 10.3. The average molecular weight is 237 g/mol. The van der Waals surface area contributed by atoms with Gasteiger partial charge >= 0.3 is 5.97 Å². The lowest BCUT2D eigenvalue weighted by molar-refractivity contribution is 0.0696. The lowest BCUT2D eigenvalue weighted by atomic mass is 10.0. The van der Waals surface area contributed by atoms with Crippen LogP contribution in [0.15, 0.2) is 12.4 Å². The van der Waals surface area contributed by atoms with Gasteiger partial charge < -0.3 is 5.11 Å². The Labute approximate surface area is 101 Å². The number of likely N-dealkylation sites (tertiary alicyclic amines) is 1. The quantitative estimate of drug-likeness (QED) is 0.868. The zero-order chi connectivity index (χ0) is 12.4. The van der Waals surface area contributed by atoms with Gasteiger partial charge in [-0.25, -0.2) is 4.79 Å². The predicted octanol–water partition coefficient (Wildman–Crippen LogP) is 1.63. The maximum atomic E-state index is 10.8. The Balaban J connectivity index is 2.08. The van der Waals surface area contributed by atoms with Crippen molar-refractivity contribution in [3.63, 3.8) is 0 Å². The second-order valence-corrected chi connectivity index (χ2v) is 4.90. The summed E-state index contributed by atoms with van der Waals surface area (Å²) < 4.78 is 1.80. The summed E-state index contributed by atoms with van der Waals surface area (Å²) in [4.78, 5) is 13.2. The first-order valence-corrected chi connectivity index (χ1v) is 6.09. The first-order chi connectivity index (χ1) is 8.08. The minimum atomic E-state index is -0.909. The number of hydrogen-bond acceptors (Lipinski definition) is 3. The van der Waals surface area contributed by atoms with Crippen molar-refractivity contribution in [2.45, 2.75) is 38.8 Å². The van der Waals surface area contributed by atoms with E-state index in [4.69, 9.17) is 5.11 Å². The molecule has 5 heteroatoms. The Bertz CT molecular complexity index is 400. The number of aromatic nitrogens is 2. The largest absolute Gasteiger partial charge is 0.478 e. The van der Waals surface area contributed by atoms with Crippen molar-refractivity contribution in [1.82, 2.24) is 14.7 Å². The molecule has 0 bridgehead atoms. The predicted molar refractivity (Wildman–Crippen MR) is 64.2 cm³/mol. The molecule has 1 fully saturated rings. The number of carboxylic acid groups (broad SMARTS) is 1. The van der Waals surface area contributed by atoms with E-state index in [1.165, 1.54) is 6.20 Å². The van der Waals surface area contributed by atoms with E-state index >= 15 is 0 Å². The second-order valence-electron chi connectivity index (χ2n) is 4.90. The van der Waals surface area contributed by atoms with Crippen molar-refractivity contribution in [3.8, 4) is 0 Å². The van der Waals surface area contributed by atoms with Crippen LogP contribution in [0, 0.1) is 0 Å². The summed E-state index contributed by atoms with van der Waals surface area (Å²) in [7, 11) is 0. The monoisotopic (exact) mass is 237 g/mol. The van der Waals surface area contributed by atoms with E-state index in [-0.39, 0.29) is 5.56 Å². The molecule has 1 atom stereocenters. The molecule has 0 saturated carbocycles. The molecule has 1 aliphatic heterocycles. The van der Waals surface area contributed by atoms with Crippen molar-refractivity contribution in [2.75, 3.05) is 13.1 Å². The molecule has 1 unspecified atom stereocenters. The van der Waals surface area contributed by atoms with Crippen LogP contribution in [0.2, 0.25) is 0 Å². The number of piperidine rings is 1. The lowest BCUT2D eigenvalue weighted by Gasteiger charge is -2.35. The summed E-state index contributed by atoms with van der Waals surface area (Å²) in [5.74, 6) is -0.909. The molecule has 1 saturated heterocycles. The minimum absolute atomic E-state index is 0.270. The van der Waals surface area contributed by atoms with Gasteiger partial charge in [0.05, 0.1) is 17.8 Å². The van der Waals surface area contributed by atoms with E-state index in [1.807, 2.05) is 0 Å². The van der Waals surface area contributed by atoms with Gasteiger partial charge in [-0.1, -0.05) is 0 Å². The van der Waals surface area contributed by atoms with Crippen LogP contribution in [0.4, 0.5) is 0 Å². The molecule has 0 radical (unpaired) electrons. The average Bonchev–Trinajstić information content (AvgIpc) is 2.78. The third kappa shape index (κ3) is 2.66. The van der Waals surface area contributed by atoms with Gasteiger partial charge in [0.1, 0.15) is 0 Å². The second kappa shape index (κ2) is 4.87. The minimum Gasteiger partial charge on any atom is -0.478 e. The summed E-state index contributed by atoms with van der Waals surface area (Å²) in [6, 6.07) is 0.839. The van der Waals surface area contributed by atoms with Gasteiger partial charge in [0.25, 0.3) is 0 Å².